The molecular weight excluding hydrogens is 409 g/mol. The van der Waals surface area contributed by atoms with Crippen molar-refractivity contribution in [2.45, 2.75) is 61.3 Å². The molecule has 1 saturated carbocycles. The highest BCUT2D eigenvalue weighted by molar-refractivity contribution is 7.98. The minimum Gasteiger partial charge on any atom is -0.741 e. The molecule has 1 saturated heterocycles. The van der Waals surface area contributed by atoms with Gasteiger partial charge in [-0.2, -0.15) is 13.2 Å². The lowest BCUT2D eigenvalue weighted by Crippen LogP contribution is -2.36. The van der Waals surface area contributed by atoms with Gasteiger partial charge in [0.2, 0.25) is 0 Å². The number of hydrogen-bond acceptors (Lipinski definition) is 3. The monoisotopic (exact) mass is 436 g/mol. The smallest absolute Gasteiger partial charge is 0.485 e. The van der Waals surface area contributed by atoms with Crippen LogP contribution in [-0.4, -0.2) is 28.5 Å². The van der Waals surface area contributed by atoms with E-state index in [4.69, 9.17) is 13.0 Å². The maximum absolute atomic E-state index is 10.7. The van der Waals surface area contributed by atoms with Crippen LogP contribution in [-0.2, 0) is 26.8 Å². The van der Waals surface area contributed by atoms with Gasteiger partial charge in [-0.05, 0) is 32.3 Å². The van der Waals surface area contributed by atoms with Crippen molar-refractivity contribution in [3.8, 4) is 0 Å². The fourth-order valence-electron chi connectivity index (χ4n) is 4.14. The van der Waals surface area contributed by atoms with Gasteiger partial charge < -0.3 is 4.55 Å². The minimum absolute atomic E-state index is 0.542. The number of alkyl halides is 3. The molecule has 0 spiro atoms. The molecule has 1 heterocycles. The van der Waals surface area contributed by atoms with Crippen molar-refractivity contribution in [3.05, 3.63) is 42.0 Å². The van der Waals surface area contributed by atoms with E-state index in [9.17, 15) is 13.2 Å². The van der Waals surface area contributed by atoms with Gasteiger partial charge >= 0.3 is 5.51 Å². The topological polar surface area (TPSA) is 57.2 Å². The van der Waals surface area contributed by atoms with Crippen LogP contribution in [0.15, 0.2) is 30.8 Å². The normalized spacial score (nSPS) is 29.0. The van der Waals surface area contributed by atoms with Crippen molar-refractivity contribution >= 4 is 27.1 Å². The van der Waals surface area contributed by atoms with Crippen LogP contribution in [0.1, 0.15) is 51.2 Å². The summed E-state index contributed by atoms with van der Waals surface area (Å²) in [7, 11) is -5.55. The van der Waals surface area contributed by atoms with Gasteiger partial charge in [0.25, 0.3) is 0 Å². The van der Waals surface area contributed by atoms with Crippen LogP contribution in [0.4, 0.5) is 13.2 Å². The molecule has 4 atom stereocenters. The third-order valence-electron chi connectivity index (χ3n) is 5.97. The van der Waals surface area contributed by atoms with Gasteiger partial charge in [0.1, 0.15) is 15.7 Å². The largest absolute Gasteiger partial charge is 0.741 e. The van der Waals surface area contributed by atoms with Gasteiger partial charge in [-0.15, -0.1) is 0 Å². The molecule has 1 aliphatic carbocycles. The van der Waals surface area contributed by atoms with E-state index in [1.54, 1.807) is 0 Å². The molecule has 0 amide bonds. The first-order chi connectivity index (χ1) is 12.8. The van der Waals surface area contributed by atoms with Gasteiger partial charge in [-0.3, -0.25) is 0 Å². The van der Waals surface area contributed by atoms with Gasteiger partial charge in [0.15, 0.2) is 10.1 Å². The molecule has 1 aromatic rings. The summed E-state index contributed by atoms with van der Waals surface area (Å²) in [4.78, 5) is 0. The lowest BCUT2D eigenvalue weighted by atomic mass is 9.78. The number of benzene rings is 1. The average molecular weight is 437 g/mol. The predicted octanol–water partition coefficient (Wildman–Crippen LogP) is 5.10. The first-order valence-corrected chi connectivity index (χ1v) is 12.1. The Kier molecular flexibility index (Phi) is 6.99. The van der Waals surface area contributed by atoms with Crippen molar-refractivity contribution in [2.24, 2.45) is 11.8 Å². The molecule has 158 valence electrons. The van der Waals surface area contributed by atoms with Crippen LogP contribution < -0.4 is 0 Å². The Labute approximate surface area is 168 Å². The molecule has 3 nitrogen and oxygen atoms in total. The van der Waals surface area contributed by atoms with Crippen molar-refractivity contribution in [2.75, 3.05) is 0 Å². The number of hydrogen-bond donors (Lipinski definition) is 0. The molecule has 3 rings (SSSR count). The predicted molar refractivity (Wildman–Crippen MR) is 108 cm³/mol. The second kappa shape index (κ2) is 8.40. The third kappa shape index (κ3) is 5.13. The Morgan fingerprint density at radius 2 is 1.79 bits per heavy atom. The highest BCUT2D eigenvalue weighted by Crippen LogP contribution is 2.53. The Hall–Kier alpha value is -0.990. The minimum atomic E-state index is -6.09. The zero-order valence-electron chi connectivity index (χ0n) is 16.3. The highest BCUT2D eigenvalue weighted by Gasteiger charge is 2.60. The van der Waals surface area contributed by atoms with Crippen LogP contribution in [0.5, 0.6) is 0 Å². The summed E-state index contributed by atoms with van der Waals surface area (Å²) < 4.78 is 59.5. The molecule has 2 aliphatic rings. The van der Waals surface area contributed by atoms with Crippen LogP contribution in [0, 0.1) is 11.8 Å². The molecule has 2 bridgehead atoms. The van der Waals surface area contributed by atoms with E-state index in [-0.39, 0.29) is 0 Å². The Balaban J connectivity index is 0.000000300. The van der Waals surface area contributed by atoms with Crippen molar-refractivity contribution in [1.82, 2.24) is 0 Å². The fraction of sp³-hybridized carbons (Fsp3) is 0.600. The summed E-state index contributed by atoms with van der Waals surface area (Å²) in [6.45, 7) is 11.4. The van der Waals surface area contributed by atoms with Gasteiger partial charge in [-0.25, -0.2) is 8.42 Å². The number of halogens is 3. The molecule has 0 aromatic heterocycles. The third-order valence-corrected chi connectivity index (χ3v) is 10.3. The lowest BCUT2D eigenvalue weighted by molar-refractivity contribution is -0.0517. The van der Waals surface area contributed by atoms with Crippen molar-refractivity contribution in [3.63, 3.8) is 0 Å². The standard InChI is InChI=1S/C19H27S.CHF3O3S/c1-5-15-7-9-16(10-8-15)13-20-18-12-17(19(20,3)4)11-6-14(18)2;2-1(3,4)8(5,6)7/h5,7-10,14,17-18H,1,6,11-13H2,2-4H3;(H,5,6,7)/q+1;/p-1/t14-,17-,18-,20-;/m1./s1. The van der Waals surface area contributed by atoms with E-state index >= 15 is 0 Å². The summed E-state index contributed by atoms with van der Waals surface area (Å²) in [6, 6.07) is 9.05. The maximum Gasteiger partial charge on any atom is 0.485 e. The number of rotatable bonds is 3. The molecule has 28 heavy (non-hydrogen) atoms. The zero-order chi connectivity index (χ0) is 21.3. The summed E-state index contributed by atoms with van der Waals surface area (Å²) in [5.74, 6) is 3.19. The molecular formula is C20H27F3O3S2. The van der Waals surface area contributed by atoms with E-state index < -0.39 is 15.6 Å². The van der Waals surface area contributed by atoms with Crippen LogP contribution in [0.3, 0.4) is 0 Å². The first-order valence-electron chi connectivity index (χ1n) is 9.20. The summed E-state index contributed by atoms with van der Waals surface area (Å²) in [5, 5.41) is 0.975. The lowest BCUT2D eigenvalue weighted by Gasteiger charge is -2.24. The van der Waals surface area contributed by atoms with Crippen LogP contribution >= 0.6 is 0 Å². The van der Waals surface area contributed by atoms with E-state index in [1.165, 1.54) is 36.1 Å². The van der Waals surface area contributed by atoms with E-state index in [0.717, 1.165) is 17.1 Å². The van der Waals surface area contributed by atoms with E-state index in [0.29, 0.717) is 15.6 Å². The van der Waals surface area contributed by atoms with Gasteiger partial charge in [0, 0.05) is 34.7 Å². The number of fused-ring (bicyclic) bond motifs is 2. The second-order valence-electron chi connectivity index (χ2n) is 8.05. The second-order valence-corrected chi connectivity index (χ2v) is 12.2. The van der Waals surface area contributed by atoms with Crippen molar-refractivity contribution in [1.29, 1.82) is 0 Å². The SMILES string of the molecule is C=Cc1ccc(C[S@+]2[C@@H]3C[C@@H](CC[C@H]3C)C2(C)C)cc1.O=S(=O)([O-])C(F)(F)F. The Morgan fingerprint density at radius 1 is 1.25 bits per heavy atom. The summed E-state index contributed by atoms with van der Waals surface area (Å²) >= 11 is 0. The molecule has 0 unspecified atom stereocenters. The van der Waals surface area contributed by atoms with Gasteiger partial charge in [-0.1, -0.05) is 43.8 Å². The molecule has 1 aromatic carbocycles. The van der Waals surface area contributed by atoms with Gasteiger partial charge in [0.05, 0.1) is 0 Å². The highest BCUT2D eigenvalue weighted by atomic mass is 32.2. The average Bonchev–Trinajstić information content (AvgIpc) is 2.79. The maximum atomic E-state index is 10.7. The Morgan fingerprint density at radius 3 is 2.25 bits per heavy atom. The first kappa shape index (κ1) is 23.3. The Bertz CT molecular complexity index is 786. The molecule has 2 fully saturated rings. The van der Waals surface area contributed by atoms with E-state index in [1.807, 2.05) is 6.08 Å². The molecule has 0 N–H and O–H groups in total. The van der Waals surface area contributed by atoms with Crippen LogP contribution in [0.2, 0.25) is 0 Å². The zero-order valence-corrected chi connectivity index (χ0v) is 18.0. The molecule has 8 heteroatoms. The van der Waals surface area contributed by atoms with Crippen LogP contribution in [0.25, 0.3) is 6.08 Å². The quantitative estimate of drug-likeness (QED) is 0.376. The molecule has 0 radical (unpaired) electrons. The molecule has 1 aliphatic heterocycles. The summed E-state index contributed by atoms with van der Waals surface area (Å²) in [6.07, 6.45) is 6.34. The van der Waals surface area contributed by atoms with E-state index in [2.05, 4.69) is 51.6 Å². The fourth-order valence-corrected chi connectivity index (χ4v) is 7.86. The summed E-state index contributed by atoms with van der Waals surface area (Å²) in [5.41, 5.74) is -2.89. The van der Waals surface area contributed by atoms with Crippen molar-refractivity contribution < 1.29 is 26.1 Å².